The van der Waals surface area contributed by atoms with Crippen LogP contribution in [0.4, 0.5) is 0 Å². The fraction of sp³-hybridized carbons (Fsp3) is 0.286. The zero-order chi connectivity index (χ0) is 24.3. The number of carbonyl (C=O) groups excluding carboxylic acids is 2. The molecule has 0 fully saturated rings. The minimum absolute atomic E-state index is 0.145. The Kier molecular flexibility index (Phi) is 9.99. The van der Waals surface area contributed by atoms with Gasteiger partial charge in [0, 0.05) is 29.6 Å². The second-order valence-electron chi connectivity index (χ2n) is 8.27. The predicted molar refractivity (Wildman–Crippen MR) is 139 cm³/mol. The van der Waals surface area contributed by atoms with Crippen molar-refractivity contribution in [2.24, 2.45) is 0 Å². The van der Waals surface area contributed by atoms with Gasteiger partial charge in [-0.2, -0.15) is 0 Å². The van der Waals surface area contributed by atoms with Crippen LogP contribution in [0.5, 0.6) is 0 Å². The molecule has 0 aliphatic rings. The number of amides is 2. The predicted octanol–water partition coefficient (Wildman–Crippen LogP) is 6.09. The van der Waals surface area contributed by atoms with Gasteiger partial charge < -0.3 is 10.2 Å². The van der Waals surface area contributed by atoms with Crippen LogP contribution in [0.3, 0.4) is 0 Å². The molecule has 3 aromatic rings. The monoisotopic (exact) mass is 496 g/mol. The van der Waals surface area contributed by atoms with E-state index in [4.69, 9.17) is 23.2 Å². The van der Waals surface area contributed by atoms with E-state index in [-0.39, 0.29) is 24.8 Å². The van der Waals surface area contributed by atoms with Crippen molar-refractivity contribution in [1.82, 2.24) is 10.2 Å². The molecule has 0 unspecified atom stereocenters. The Morgan fingerprint density at radius 3 is 2.24 bits per heavy atom. The van der Waals surface area contributed by atoms with Crippen LogP contribution in [0, 0.1) is 0 Å². The second-order valence-corrected chi connectivity index (χ2v) is 9.11. The smallest absolute Gasteiger partial charge is 0.243 e. The summed E-state index contributed by atoms with van der Waals surface area (Å²) in [6.45, 7) is 2.89. The number of benzene rings is 3. The van der Waals surface area contributed by atoms with Gasteiger partial charge in [-0.3, -0.25) is 9.59 Å². The molecule has 0 saturated carbocycles. The number of carbonyl (C=O) groups is 2. The van der Waals surface area contributed by atoms with Gasteiger partial charge in [-0.1, -0.05) is 97.2 Å². The maximum absolute atomic E-state index is 13.6. The van der Waals surface area contributed by atoms with Crippen LogP contribution >= 0.6 is 23.2 Å². The molecule has 0 spiro atoms. The first kappa shape index (κ1) is 25.8. The summed E-state index contributed by atoms with van der Waals surface area (Å²) >= 11 is 12.5. The number of hydrogen-bond acceptors (Lipinski definition) is 2. The van der Waals surface area contributed by atoms with Crippen molar-refractivity contribution in [3.05, 3.63) is 106 Å². The van der Waals surface area contributed by atoms with E-state index >= 15 is 0 Å². The summed E-state index contributed by atoms with van der Waals surface area (Å²) in [7, 11) is 0. The van der Waals surface area contributed by atoms with E-state index in [1.165, 1.54) is 0 Å². The quantitative estimate of drug-likeness (QED) is 0.326. The number of hydrogen-bond donors (Lipinski definition) is 1. The summed E-state index contributed by atoms with van der Waals surface area (Å²) < 4.78 is 0. The van der Waals surface area contributed by atoms with Gasteiger partial charge in [0.15, 0.2) is 0 Å². The summed E-state index contributed by atoms with van der Waals surface area (Å²) in [5.74, 6) is -0.303. The van der Waals surface area contributed by atoms with Crippen molar-refractivity contribution >= 4 is 35.0 Å². The van der Waals surface area contributed by atoms with Crippen molar-refractivity contribution in [2.45, 2.75) is 45.2 Å². The summed E-state index contributed by atoms with van der Waals surface area (Å²) in [5.41, 5.74) is 2.62. The third-order valence-electron chi connectivity index (χ3n) is 5.67. The van der Waals surface area contributed by atoms with Gasteiger partial charge >= 0.3 is 0 Å². The largest absolute Gasteiger partial charge is 0.354 e. The van der Waals surface area contributed by atoms with Crippen molar-refractivity contribution < 1.29 is 9.59 Å². The fourth-order valence-electron chi connectivity index (χ4n) is 3.75. The van der Waals surface area contributed by atoms with E-state index < -0.39 is 6.04 Å². The second kappa shape index (κ2) is 13.2. The molecular weight excluding hydrogens is 467 g/mol. The number of unbranched alkanes of at least 4 members (excludes halogenated alkanes) is 1. The first-order valence-corrected chi connectivity index (χ1v) is 12.3. The Labute approximate surface area is 211 Å². The lowest BCUT2D eigenvalue weighted by Crippen LogP contribution is -2.51. The number of halogens is 2. The molecule has 2 amide bonds. The molecule has 1 atom stereocenters. The van der Waals surface area contributed by atoms with E-state index in [9.17, 15) is 9.59 Å². The minimum atomic E-state index is -0.671. The van der Waals surface area contributed by atoms with E-state index in [1.54, 1.807) is 23.1 Å². The maximum atomic E-state index is 13.6. The Balaban J connectivity index is 1.94. The van der Waals surface area contributed by atoms with Crippen LogP contribution in [-0.2, 0) is 29.0 Å². The summed E-state index contributed by atoms with van der Waals surface area (Å²) in [6, 6.07) is 23.7. The summed E-state index contributed by atoms with van der Waals surface area (Å²) in [6.07, 6.45) is 2.43. The third kappa shape index (κ3) is 7.61. The summed E-state index contributed by atoms with van der Waals surface area (Å²) in [4.78, 5) is 28.7. The Morgan fingerprint density at radius 1 is 0.882 bits per heavy atom. The molecule has 34 heavy (non-hydrogen) atoms. The van der Waals surface area contributed by atoms with E-state index in [0.29, 0.717) is 23.0 Å². The Hall–Kier alpha value is -2.82. The lowest BCUT2D eigenvalue weighted by molar-refractivity contribution is -0.140. The van der Waals surface area contributed by atoms with Crippen molar-refractivity contribution in [3.8, 4) is 0 Å². The molecule has 0 aliphatic carbocycles. The van der Waals surface area contributed by atoms with Gasteiger partial charge in [0.25, 0.3) is 0 Å². The van der Waals surface area contributed by atoms with E-state index in [0.717, 1.165) is 29.5 Å². The molecular formula is C28H30Cl2N2O2. The van der Waals surface area contributed by atoms with Crippen LogP contribution < -0.4 is 5.32 Å². The van der Waals surface area contributed by atoms with Crippen molar-refractivity contribution in [3.63, 3.8) is 0 Å². The Morgan fingerprint density at radius 2 is 1.56 bits per heavy atom. The lowest BCUT2D eigenvalue weighted by Gasteiger charge is -2.32. The first-order valence-electron chi connectivity index (χ1n) is 11.6. The van der Waals surface area contributed by atoms with Gasteiger partial charge in [0.2, 0.25) is 11.8 Å². The van der Waals surface area contributed by atoms with Crippen LogP contribution in [0.25, 0.3) is 0 Å². The molecule has 0 radical (unpaired) electrons. The average Bonchev–Trinajstić information content (AvgIpc) is 2.84. The highest BCUT2D eigenvalue weighted by molar-refractivity contribution is 6.31. The lowest BCUT2D eigenvalue weighted by atomic mass is 10.0. The molecule has 3 rings (SSSR count). The highest BCUT2D eigenvalue weighted by Crippen LogP contribution is 2.21. The number of nitrogens with zero attached hydrogens (tertiary/aromatic N) is 1. The molecule has 0 aromatic heterocycles. The van der Waals surface area contributed by atoms with E-state index in [1.807, 2.05) is 60.7 Å². The molecule has 3 aromatic carbocycles. The van der Waals surface area contributed by atoms with Crippen LogP contribution in [-0.4, -0.2) is 29.3 Å². The molecule has 0 saturated heterocycles. The maximum Gasteiger partial charge on any atom is 0.243 e. The number of nitrogens with one attached hydrogen (secondary N) is 1. The Bertz CT molecular complexity index is 1070. The SMILES string of the molecule is CCCCNC(=O)[C@@H](Cc1ccccc1)N(Cc1ccccc1Cl)C(=O)Cc1ccc(Cl)cc1. The minimum Gasteiger partial charge on any atom is -0.354 e. The third-order valence-corrected chi connectivity index (χ3v) is 6.29. The molecule has 4 nitrogen and oxygen atoms in total. The molecule has 1 N–H and O–H groups in total. The molecule has 0 aliphatic heterocycles. The van der Waals surface area contributed by atoms with Crippen LogP contribution in [0.2, 0.25) is 10.0 Å². The van der Waals surface area contributed by atoms with E-state index in [2.05, 4.69) is 12.2 Å². The highest BCUT2D eigenvalue weighted by Gasteiger charge is 2.30. The average molecular weight is 497 g/mol. The standard InChI is InChI=1S/C28H30Cl2N2O2/c1-2-3-17-31-28(34)26(18-21-9-5-4-6-10-21)32(20-23-11-7-8-12-25(23)30)27(33)19-22-13-15-24(29)16-14-22/h4-16,26H,2-3,17-20H2,1H3,(H,31,34)/t26-/m1/s1. The first-order chi connectivity index (χ1) is 16.5. The van der Waals surface area contributed by atoms with Gasteiger partial charge in [0.1, 0.15) is 6.04 Å². The normalized spacial score (nSPS) is 11.6. The summed E-state index contributed by atoms with van der Waals surface area (Å²) in [5, 5.41) is 4.21. The molecule has 0 bridgehead atoms. The van der Waals surface area contributed by atoms with Crippen LogP contribution in [0.15, 0.2) is 78.9 Å². The fourth-order valence-corrected chi connectivity index (χ4v) is 4.07. The molecule has 0 heterocycles. The number of rotatable bonds is 11. The highest BCUT2D eigenvalue weighted by atomic mass is 35.5. The van der Waals surface area contributed by atoms with Gasteiger partial charge in [-0.05, 0) is 41.3 Å². The van der Waals surface area contributed by atoms with Crippen molar-refractivity contribution in [1.29, 1.82) is 0 Å². The zero-order valence-corrected chi connectivity index (χ0v) is 20.9. The molecule has 6 heteroatoms. The van der Waals surface area contributed by atoms with Crippen LogP contribution in [0.1, 0.15) is 36.5 Å². The van der Waals surface area contributed by atoms with Gasteiger partial charge in [-0.25, -0.2) is 0 Å². The molecule has 178 valence electrons. The van der Waals surface area contributed by atoms with Crippen molar-refractivity contribution in [2.75, 3.05) is 6.54 Å². The van der Waals surface area contributed by atoms with Gasteiger partial charge in [0.05, 0.1) is 6.42 Å². The zero-order valence-electron chi connectivity index (χ0n) is 19.3. The van der Waals surface area contributed by atoms with Gasteiger partial charge in [-0.15, -0.1) is 0 Å². The topological polar surface area (TPSA) is 49.4 Å².